The topological polar surface area (TPSA) is 37.3 Å². The van der Waals surface area contributed by atoms with E-state index in [-0.39, 0.29) is 48.3 Å². The van der Waals surface area contributed by atoms with E-state index in [2.05, 4.69) is 0 Å². The number of carboxylic acids is 1. The predicted octanol–water partition coefficient (Wildman–Crippen LogP) is -2.45. The summed E-state index contributed by atoms with van der Waals surface area (Å²) in [6.45, 7) is 1.60. The van der Waals surface area contributed by atoms with Gasteiger partial charge in [0.1, 0.15) is 0 Å². The number of carboxylic acid groups (broad SMARTS) is 1. The zero-order chi connectivity index (χ0) is 4.28. The van der Waals surface area contributed by atoms with E-state index in [1.165, 1.54) is 0 Å². The molecular weight excluding hydrogens is 102 g/mol. The van der Waals surface area contributed by atoms with Crippen molar-refractivity contribution in [2.45, 2.75) is 13.3 Å². The first kappa shape index (κ1) is 15.6. The summed E-state index contributed by atoms with van der Waals surface area (Å²) in [5, 5.41) is 7.72. The van der Waals surface area contributed by atoms with Gasteiger partial charge in [0, 0.05) is 6.42 Å². The summed E-state index contributed by atoms with van der Waals surface area (Å²) >= 11 is 0. The van der Waals surface area contributed by atoms with Crippen molar-refractivity contribution in [2.24, 2.45) is 0 Å². The van der Waals surface area contributed by atoms with Crippen LogP contribution in [0.15, 0.2) is 0 Å². The van der Waals surface area contributed by atoms with Crippen LogP contribution >= 0.6 is 0 Å². The minimum Gasteiger partial charge on any atom is -1.00 e. The average Bonchev–Trinajstić information content (AvgIpc) is 1.38. The van der Waals surface area contributed by atoms with Crippen LogP contribution in [0.25, 0.3) is 0 Å². The fourth-order valence-electron chi connectivity index (χ4n) is 0. The monoisotopic (exact) mass is 112 g/mol. The van der Waals surface area contributed by atoms with Gasteiger partial charge >= 0.3 is 42.2 Å². The number of hydrogen-bond donors (Lipinski definition) is 1. The molecule has 4 heteroatoms. The Morgan fingerprint density at radius 1 is 1.86 bits per heavy atom. The normalized spacial score (nSPS) is 5.29. The second-order valence-corrected chi connectivity index (χ2v) is 0.747. The van der Waals surface area contributed by atoms with Gasteiger partial charge in [0.05, 0.1) is 0 Å². The van der Waals surface area contributed by atoms with Crippen LogP contribution in [0.5, 0.6) is 0 Å². The second-order valence-electron chi connectivity index (χ2n) is 0.747. The van der Waals surface area contributed by atoms with Gasteiger partial charge < -0.3 is 10.8 Å². The number of carbonyl (C=O) groups is 1. The first-order chi connectivity index (χ1) is 2.27. The third-order valence-corrected chi connectivity index (χ3v) is 0.302. The van der Waals surface area contributed by atoms with Gasteiger partial charge in [-0.1, -0.05) is 6.92 Å². The molecule has 0 aliphatic rings. The van der Waals surface area contributed by atoms with Crippen molar-refractivity contribution in [3.05, 3.63) is 0 Å². The maximum Gasteiger partial charge on any atom is 3.00 e. The van der Waals surface area contributed by atoms with Crippen LogP contribution in [0, 0.1) is 0 Å². The molecule has 0 aliphatic heterocycles. The van der Waals surface area contributed by atoms with Gasteiger partial charge in [-0.05, 0) is 0 Å². The molecule has 0 radical (unpaired) electrons. The zero-order valence-electron chi connectivity index (χ0n) is 8.64. The molecule has 0 unspecified atom stereocenters. The Morgan fingerprint density at radius 2 is 2.00 bits per heavy atom. The standard InChI is InChI=1S/C3H6O2.Al.Li.4H/c1-2-3(4)5;;;;;;/h2H2,1H3,(H,4,5);;;;;;/q;+3;+1;4*-1. The molecule has 0 spiro atoms. The van der Waals surface area contributed by atoms with E-state index < -0.39 is 5.97 Å². The molecular formula is C3H10AlLiO2. The summed E-state index contributed by atoms with van der Waals surface area (Å²) in [6.07, 6.45) is 0.222. The molecule has 0 aliphatic carbocycles. The van der Waals surface area contributed by atoms with Crippen molar-refractivity contribution in [2.75, 3.05) is 0 Å². The molecule has 0 rings (SSSR count). The van der Waals surface area contributed by atoms with Gasteiger partial charge in [-0.25, -0.2) is 0 Å². The minimum atomic E-state index is -0.745. The molecule has 0 heterocycles. The average molecular weight is 112 g/mol. The van der Waals surface area contributed by atoms with E-state index in [0.717, 1.165) is 0 Å². The molecule has 2 nitrogen and oxygen atoms in total. The van der Waals surface area contributed by atoms with Crippen LogP contribution in [0.2, 0.25) is 0 Å². The molecule has 0 fully saturated rings. The smallest absolute Gasteiger partial charge is 1.00 e. The van der Waals surface area contributed by atoms with E-state index in [0.29, 0.717) is 0 Å². The third-order valence-electron chi connectivity index (χ3n) is 0.302. The quantitative estimate of drug-likeness (QED) is 0.382. The SMILES string of the molecule is CCC(=O)O.[Al+3].[H-].[H-].[H-].[H-].[Li+]. The summed E-state index contributed by atoms with van der Waals surface area (Å²) in [4.78, 5) is 9.37. The van der Waals surface area contributed by atoms with Crippen molar-refractivity contribution in [3.8, 4) is 0 Å². The first-order valence-corrected chi connectivity index (χ1v) is 1.49. The number of aliphatic carboxylic acids is 1. The van der Waals surface area contributed by atoms with Crippen LogP contribution in [-0.2, 0) is 4.79 Å². The summed E-state index contributed by atoms with van der Waals surface area (Å²) in [5.41, 5.74) is 0. The predicted molar refractivity (Wildman–Crippen MR) is 28.1 cm³/mol. The Kier molecular flexibility index (Phi) is 21.9. The van der Waals surface area contributed by atoms with E-state index in [4.69, 9.17) is 5.11 Å². The number of rotatable bonds is 1. The Morgan fingerprint density at radius 3 is 2.00 bits per heavy atom. The van der Waals surface area contributed by atoms with Crippen LogP contribution in [0.4, 0.5) is 0 Å². The molecule has 0 saturated heterocycles. The molecule has 7 heavy (non-hydrogen) atoms. The Labute approximate surface area is 71.5 Å². The van der Waals surface area contributed by atoms with Gasteiger partial charge in [0.25, 0.3) is 0 Å². The zero-order valence-corrected chi connectivity index (χ0v) is 5.79. The van der Waals surface area contributed by atoms with Crippen molar-refractivity contribution in [1.29, 1.82) is 0 Å². The molecule has 38 valence electrons. The van der Waals surface area contributed by atoms with E-state index in [9.17, 15) is 4.79 Å². The van der Waals surface area contributed by atoms with E-state index in [1.807, 2.05) is 0 Å². The molecule has 0 aromatic carbocycles. The Hall–Kier alpha value is 0.600. The second kappa shape index (κ2) is 9.78. The molecule has 0 atom stereocenters. The minimum absolute atomic E-state index is 0. The van der Waals surface area contributed by atoms with Crippen LogP contribution < -0.4 is 18.9 Å². The largest absolute Gasteiger partial charge is 3.00 e. The van der Waals surface area contributed by atoms with Crippen molar-refractivity contribution < 1.29 is 34.5 Å². The van der Waals surface area contributed by atoms with Gasteiger partial charge in [0.15, 0.2) is 0 Å². The molecule has 0 aromatic heterocycles. The third kappa shape index (κ3) is 20.7. The number of hydrogen-bond acceptors (Lipinski definition) is 1. The van der Waals surface area contributed by atoms with Gasteiger partial charge in [-0.2, -0.15) is 0 Å². The molecule has 0 saturated carbocycles. The summed E-state index contributed by atoms with van der Waals surface area (Å²) in [6, 6.07) is 0. The fourth-order valence-corrected chi connectivity index (χ4v) is 0. The summed E-state index contributed by atoms with van der Waals surface area (Å²) < 4.78 is 0. The Balaban J connectivity index is -0.00000000533. The molecule has 1 N–H and O–H groups in total. The van der Waals surface area contributed by atoms with Crippen molar-refractivity contribution in [1.82, 2.24) is 0 Å². The fraction of sp³-hybridized carbons (Fsp3) is 0.667. The van der Waals surface area contributed by atoms with Gasteiger partial charge in [-0.3, -0.25) is 4.79 Å². The maximum atomic E-state index is 9.37. The first-order valence-electron chi connectivity index (χ1n) is 1.49. The van der Waals surface area contributed by atoms with Crippen LogP contribution in [0.3, 0.4) is 0 Å². The van der Waals surface area contributed by atoms with Crippen molar-refractivity contribution >= 4 is 23.3 Å². The van der Waals surface area contributed by atoms with E-state index >= 15 is 0 Å². The van der Waals surface area contributed by atoms with Gasteiger partial charge in [0.2, 0.25) is 0 Å². The molecule has 0 bridgehead atoms. The maximum absolute atomic E-state index is 9.37. The summed E-state index contributed by atoms with van der Waals surface area (Å²) in [7, 11) is 0. The Bertz CT molecular complexity index is 58.6. The molecule has 0 amide bonds. The van der Waals surface area contributed by atoms with Crippen LogP contribution in [-0.4, -0.2) is 28.4 Å². The van der Waals surface area contributed by atoms with Gasteiger partial charge in [-0.15, -0.1) is 0 Å². The van der Waals surface area contributed by atoms with E-state index in [1.54, 1.807) is 6.92 Å². The van der Waals surface area contributed by atoms with Crippen molar-refractivity contribution in [3.63, 3.8) is 0 Å². The summed E-state index contributed by atoms with van der Waals surface area (Å²) in [5.74, 6) is -0.745. The van der Waals surface area contributed by atoms with Crippen LogP contribution in [0.1, 0.15) is 19.1 Å². The molecule has 0 aromatic rings.